The lowest BCUT2D eigenvalue weighted by Gasteiger charge is -2.18. The molecule has 0 aliphatic heterocycles. The largest absolute Gasteiger partial charge is 0.549 e. The molecule has 0 spiro atoms. The molecule has 0 radical (unpaired) electrons. The maximum atomic E-state index is 10.6. The van der Waals surface area contributed by atoms with Crippen LogP contribution in [0.15, 0.2) is 0 Å². The van der Waals surface area contributed by atoms with Crippen LogP contribution in [0.25, 0.3) is 0 Å². The standard InChI is InChI=1S/C19H36O4.2H3N/c1-2-3-4-5-6-7-8-9-10-11-12-13-14-15-16-17(18(20)21)19(22)23;;/h17H,2-16H2,1H3,(H,20,21)(H,22,23);2*1H3. The van der Waals surface area contributed by atoms with Crippen LogP contribution in [0.5, 0.6) is 0 Å². The van der Waals surface area contributed by atoms with Crippen molar-refractivity contribution >= 4 is 11.9 Å². The minimum absolute atomic E-state index is 0. The molecule has 0 aromatic rings. The van der Waals surface area contributed by atoms with E-state index in [1.807, 2.05) is 0 Å². The highest BCUT2D eigenvalue weighted by atomic mass is 16.4. The lowest BCUT2D eigenvalue weighted by molar-refractivity contribution is -0.332. The van der Waals surface area contributed by atoms with Crippen molar-refractivity contribution in [3.05, 3.63) is 0 Å². The molecule has 0 aromatic carbocycles. The van der Waals surface area contributed by atoms with Crippen molar-refractivity contribution in [1.82, 2.24) is 12.3 Å². The van der Waals surface area contributed by atoms with Gasteiger partial charge in [-0.05, 0) is 6.42 Å². The number of carbonyl (C=O) groups excluding carboxylic acids is 2. The van der Waals surface area contributed by atoms with Crippen molar-refractivity contribution in [2.75, 3.05) is 0 Å². The van der Waals surface area contributed by atoms with Gasteiger partial charge in [0.05, 0.1) is 11.9 Å². The molecule has 0 saturated carbocycles. The van der Waals surface area contributed by atoms with E-state index in [0.29, 0.717) is 6.42 Å². The van der Waals surface area contributed by atoms with Crippen molar-refractivity contribution in [2.24, 2.45) is 5.92 Å². The van der Waals surface area contributed by atoms with Gasteiger partial charge in [0, 0.05) is 5.92 Å². The van der Waals surface area contributed by atoms with E-state index in [9.17, 15) is 19.8 Å². The number of rotatable bonds is 17. The molecule has 0 amide bonds. The number of hydrogen-bond acceptors (Lipinski definition) is 4. The topological polar surface area (TPSA) is 153 Å². The van der Waals surface area contributed by atoms with E-state index in [-0.39, 0.29) is 18.7 Å². The second-order valence-corrected chi connectivity index (χ2v) is 6.58. The predicted octanol–water partition coefficient (Wildman–Crippen LogP) is 3.73. The number of aliphatic carboxylic acids is 2. The summed E-state index contributed by atoms with van der Waals surface area (Å²) in [6.45, 7) is 2.24. The first-order chi connectivity index (χ1) is 11.1. The first kappa shape index (κ1) is 28.7. The summed E-state index contributed by atoms with van der Waals surface area (Å²) < 4.78 is 0. The van der Waals surface area contributed by atoms with E-state index in [1.54, 1.807) is 0 Å². The van der Waals surface area contributed by atoms with E-state index in [1.165, 1.54) is 64.2 Å². The normalized spacial score (nSPS) is 10.2. The molecular formula is C19H42N2O4. The van der Waals surface area contributed by atoms with Crippen LogP contribution in [0.4, 0.5) is 0 Å². The van der Waals surface area contributed by atoms with E-state index in [4.69, 9.17) is 0 Å². The van der Waals surface area contributed by atoms with Crippen LogP contribution in [-0.4, -0.2) is 11.9 Å². The van der Waals surface area contributed by atoms with Gasteiger partial charge in [-0.25, -0.2) is 0 Å². The summed E-state index contributed by atoms with van der Waals surface area (Å²) in [5.74, 6) is -4.51. The average molecular weight is 363 g/mol. The fourth-order valence-corrected chi connectivity index (χ4v) is 2.87. The Morgan fingerprint density at radius 3 is 1.16 bits per heavy atom. The molecule has 0 unspecified atom stereocenters. The molecule has 0 bridgehead atoms. The summed E-state index contributed by atoms with van der Waals surface area (Å²) in [5, 5.41) is 21.1. The molecular weight excluding hydrogens is 320 g/mol. The molecule has 0 atom stereocenters. The molecule has 0 fully saturated rings. The van der Waals surface area contributed by atoms with Gasteiger partial charge in [-0.3, -0.25) is 0 Å². The average Bonchev–Trinajstić information content (AvgIpc) is 2.50. The van der Waals surface area contributed by atoms with Crippen molar-refractivity contribution in [1.29, 1.82) is 0 Å². The monoisotopic (exact) mass is 362 g/mol. The summed E-state index contributed by atoms with van der Waals surface area (Å²) >= 11 is 0. The number of carbonyl (C=O) groups is 2. The number of unbranched alkanes of at least 4 members (excludes halogenated alkanes) is 13. The van der Waals surface area contributed by atoms with Gasteiger partial charge in [-0.15, -0.1) is 0 Å². The Hall–Kier alpha value is -1.14. The predicted molar refractivity (Wildman–Crippen MR) is 100 cm³/mol. The van der Waals surface area contributed by atoms with Crippen molar-refractivity contribution in [2.45, 2.75) is 103 Å². The lowest BCUT2D eigenvalue weighted by atomic mass is 10.00. The van der Waals surface area contributed by atoms with E-state index < -0.39 is 17.9 Å². The van der Waals surface area contributed by atoms with Crippen LogP contribution >= 0.6 is 0 Å². The van der Waals surface area contributed by atoms with Gasteiger partial charge in [0.2, 0.25) is 0 Å². The van der Waals surface area contributed by atoms with Crippen LogP contribution < -0.4 is 22.5 Å². The third-order valence-corrected chi connectivity index (χ3v) is 4.42. The summed E-state index contributed by atoms with van der Waals surface area (Å²) in [4.78, 5) is 21.1. The maximum Gasteiger partial charge on any atom is 0.0501 e. The van der Waals surface area contributed by atoms with Crippen LogP contribution in [-0.2, 0) is 9.59 Å². The summed E-state index contributed by atoms with van der Waals surface area (Å²) in [7, 11) is 0. The fourth-order valence-electron chi connectivity index (χ4n) is 2.87. The number of carboxylic acid groups (broad SMARTS) is 2. The highest BCUT2D eigenvalue weighted by Gasteiger charge is 2.10. The smallest absolute Gasteiger partial charge is 0.0501 e. The first-order valence-electron chi connectivity index (χ1n) is 9.51. The third-order valence-electron chi connectivity index (χ3n) is 4.42. The summed E-state index contributed by atoms with van der Waals surface area (Å²) in [6, 6.07) is 0. The third kappa shape index (κ3) is 19.0. The van der Waals surface area contributed by atoms with E-state index >= 15 is 0 Å². The fraction of sp³-hybridized carbons (Fsp3) is 0.895. The molecule has 0 saturated heterocycles. The van der Waals surface area contributed by atoms with Gasteiger partial charge in [-0.1, -0.05) is 96.8 Å². The Kier molecular flexibility index (Phi) is 24.0. The summed E-state index contributed by atoms with van der Waals surface area (Å²) in [5.41, 5.74) is 0. The molecule has 0 rings (SSSR count). The molecule has 6 nitrogen and oxygen atoms in total. The SMILES string of the molecule is CCCCCCCCCCCCCCCCC(C(=O)[O-])C(=O)[O-].[NH4+].[NH4+]. The number of hydrogen-bond donors (Lipinski definition) is 2. The Balaban J connectivity index is -0.00000242. The molecule has 0 heterocycles. The highest BCUT2D eigenvalue weighted by molar-refractivity contribution is 5.90. The second kappa shape index (κ2) is 20.9. The van der Waals surface area contributed by atoms with Crippen LogP contribution in [0.3, 0.4) is 0 Å². The first-order valence-corrected chi connectivity index (χ1v) is 9.51. The zero-order valence-electron chi connectivity index (χ0n) is 16.8. The second-order valence-electron chi connectivity index (χ2n) is 6.58. The van der Waals surface area contributed by atoms with E-state index in [2.05, 4.69) is 6.92 Å². The van der Waals surface area contributed by atoms with Crippen molar-refractivity contribution < 1.29 is 19.8 Å². The number of quaternary nitrogens is 2. The molecule has 25 heavy (non-hydrogen) atoms. The van der Waals surface area contributed by atoms with Crippen molar-refractivity contribution in [3.63, 3.8) is 0 Å². The zero-order chi connectivity index (χ0) is 17.3. The van der Waals surface area contributed by atoms with Crippen molar-refractivity contribution in [3.8, 4) is 0 Å². The molecule has 0 aliphatic carbocycles. The minimum Gasteiger partial charge on any atom is -0.549 e. The van der Waals surface area contributed by atoms with Gasteiger partial charge >= 0.3 is 0 Å². The lowest BCUT2D eigenvalue weighted by Crippen LogP contribution is -2.43. The van der Waals surface area contributed by atoms with Crippen LogP contribution in [0.1, 0.15) is 103 Å². The van der Waals surface area contributed by atoms with Gasteiger partial charge in [0.25, 0.3) is 0 Å². The summed E-state index contributed by atoms with van der Waals surface area (Å²) in [6.07, 6.45) is 17.1. The Morgan fingerprint density at radius 2 is 0.880 bits per heavy atom. The Morgan fingerprint density at radius 1 is 0.600 bits per heavy atom. The molecule has 0 aromatic heterocycles. The minimum atomic E-state index is -1.53. The van der Waals surface area contributed by atoms with E-state index in [0.717, 1.165) is 19.3 Å². The molecule has 0 aliphatic rings. The number of carboxylic acids is 2. The van der Waals surface area contributed by atoms with Crippen LogP contribution in [0, 0.1) is 5.92 Å². The molecule has 8 N–H and O–H groups in total. The quantitative estimate of drug-likeness (QED) is 0.299. The Bertz CT molecular complexity index is 298. The van der Waals surface area contributed by atoms with Gasteiger partial charge < -0.3 is 32.1 Å². The zero-order valence-corrected chi connectivity index (χ0v) is 16.8. The molecule has 6 heteroatoms. The maximum absolute atomic E-state index is 10.6. The van der Waals surface area contributed by atoms with Gasteiger partial charge in [0.1, 0.15) is 0 Å². The van der Waals surface area contributed by atoms with Gasteiger partial charge in [0.15, 0.2) is 0 Å². The molecule has 152 valence electrons. The Labute approximate surface area is 153 Å². The highest BCUT2D eigenvalue weighted by Crippen LogP contribution is 2.14. The van der Waals surface area contributed by atoms with Crippen LogP contribution in [0.2, 0.25) is 0 Å². The van der Waals surface area contributed by atoms with Gasteiger partial charge in [-0.2, -0.15) is 0 Å².